The van der Waals surface area contributed by atoms with Crippen LogP contribution in [-0.4, -0.2) is 66.1 Å². The van der Waals surface area contributed by atoms with Crippen molar-refractivity contribution in [1.82, 2.24) is 15.5 Å². The van der Waals surface area contributed by atoms with Crippen molar-refractivity contribution in [2.45, 2.75) is 37.5 Å². The number of halogens is 2. The normalized spacial score (nSPS) is 28.2. The van der Waals surface area contributed by atoms with Gasteiger partial charge in [0.25, 0.3) is 0 Å². The molecule has 3 aliphatic rings. The van der Waals surface area contributed by atoms with E-state index >= 15 is 0 Å². The molecule has 33 heavy (non-hydrogen) atoms. The number of aliphatic hydroxyl groups excluding tert-OH is 1. The molecule has 2 heterocycles. The Morgan fingerprint density at radius 3 is 2.79 bits per heavy atom. The zero-order valence-corrected chi connectivity index (χ0v) is 17.7. The van der Waals surface area contributed by atoms with Crippen LogP contribution in [0.25, 0.3) is 5.57 Å². The van der Waals surface area contributed by atoms with Crippen molar-refractivity contribution in [3.05, 3.63) is 47.7 Å². The van der Waals surface area contributed by atoms with E-state index in [2.05, 4.69) is 16.7 Å². The fourth-order valence-electron chi connectivity index (χ4n) is 3.90. The molecule has 5 atom stereocenters. The number of carbonyl (C=O) groups excluding carboxylic acids is 2. The second-order valence-electron chi connectivity index (χ2n) is 8.25. The summed E-state index contributed by atoms with van der Waals surface area (Å²) in [6.45, 7) is -0.586. The van der Waals surface area contributed by atoms with Crippen molar-refractivity contribution in [3.8, 4) is 11.8 Å². The van der Waals surface area contributed by atoms with E-state index in [9.17, 15) is 23.6 Å². The number of benzene rings is 1. The van der Waals surface area contributed by atoms with E-state index in [1.54, 1.807) is 36.6 Å². The van der Waals surface area contributed by atoms with Gasteiger partial charge in [-0.15, -0.1) is 0 Å². The molecule has 1 aromatic carbocycles. The Hall–Kier alpha value is -3.45. The lowest BCUT2D eigenvalue weighted by atomic mass is 10.00. The van der Waals surface area contributed by atoms with Crippen molar-refractivity contribution in [2.75, 3.05) is 19.7 Å². The molecule has 0 radical (unpaired) electrons. The Morgan fingerprint density at radius 2 is 2.12 bits per heavy atom. The highest BCUT2D eigenvalue weighted by Crippen LogP contribution is 2.34. The minimum absolute atomic E-state index is 0.175. The maximum absolute atomic E-state index is 14.6. The highest BCUT2D eigenvalue weighted by atomic mass is 19.1. The molecule has 174 valence electrons. The van der Waals surface area contributed by atoms with Gasteiger partial charge in [0.2, 0.25) is 11.8 Å². The van der Waals surface area contributed by atoms with Gasteiger partial charge in [-0.25, -0.2) is 8.78 Å². The zero-order valence-electron chi connectivity index (χ0n) is 17.7. The average molecular weight is 458 g/mol. The van der Waals surface area contributed by atoms with Crippen LogP contribution in [0.1, 0.15) is 24.0 Å². The first-order valence-corrected chi connectivity index (χ1v) is 10.7. The molecule has 8 nitrogen and oxygen atoms in total. The first-order valence-electron chi connectivity index (χ1n) is 10.7. The van der Waals surface area contributed by atoms with Gasteiger partial charge in [0, 0.05) is 13.0 Å². The monoisotopic (exact) mass is 458 g/mol. The molecular weight excluding hydrogens is 434 g/mol. The summed E-state index contributed by atoms with van der Waals surface area (Å²) in [5, 5.41) is 24.3. The van der Waals surface area contributed by atoms with Crippen LogP contribution in [0, 0.1) is 17.2 Å². The third-order valence-electron chi connectivity index (χ3n) is 5.91. The number of alkyl halides is 2. The lowest BCUT2D eigenvalue weighted by molar-refractivity contribution is -0.138. The highest BCUT2D eigenvalue weighted by molar-refractivity contribution is 5.83. The molecule has 0 bridgehead atoms. The fraction of sp³-hybridized carbons (Fsp3) is 0.435. The number of nitrogens with zero attached hydrogens (tertiary/aromatic N) is 2. The van der Waals surface area contributed by atoms with Crippen LogP contribution in [0.15, 0.2) is 36.6 Å². The van der Waals surface area contributed by atoms with Gasteiger partial charge in [0.15, 0.2) is 6.17 Å². The van der Waals surface area contributed by atoms with Gasteiger partial charge in [-0.05, 0) is 48.0 Å². The molecule has 1 unspecified atom stereocenters. The van der Waals surface area contributed by atoms with Crippen molar-refractivity contribution < 1.29 is 28.2 Å². The Bertz CT molecular complexity index is 1040. The van der Waals surface area contributed by atoms with E-state index in [-0.39, 0.29) is 43.2 Å². The number of nitrogens with one attached hydrogen (secondary N) is 2. The quantitative estimate of drug-likeness (QED) is 0.590. The number of aliphatic hydroxyl groups is 1. The van der Waals surface area contributed by atoms with Crippen molar-refractivity contribution in [3.63, 3.8) is 0 Å². The second-order valence-corrected chi connectivity index (χ2v) is 8.25. The van der Waals surface area contributed by atoms with E-state index in [1.807, 2.05) is 0 Å². The Kier molecular flexibility index (Phi) is 6.60. The third-order valence-corrected chi connectivity index (χ3v) is 5.91. The summed E-state index contributed by atoms with van der Waals surface area (Å²) in [7, 11) is 0. The van der Waals surface area contributed by atoms with Gasteiger partial charge >= 0.3 is 0 Å². The minimum Gasteiger partial charge on any atom is -0.486 e. The fourth-order valence-corrected chi connectivity index (χ4v) is 3.90. The second kappa shape index (κ2) is 9.58. The molecule has 0 aromatic heterocycles. The number of likely N-dealkylation sites (tertiary alicyclic amines) is 1. The van der Waals surface area contributed by atoms with E-state index < -0.39 is 43.0 Å². The Morgan fingerprint density at radius 1 is 1.33 bits per heavy atom. The van der Waals surface area contributed by atoms with Crippen LogP contribution >= 0.6 is 0 Å². The highest BCUT2D eigenvalue weighted by Gasteiger charge is 2.44. The maximum Gasteiger partial charge on any atom is 0.248 e. The predicted octanol–water partition coefficient (Wildman–Crippen LogP) is 1.17. The summed E-state index contributed by atoms with van der Waals surface area (Å²) < 4.78 is 33.4. The summed E-state index contributed by atoms with van der Waals surface area (Å²) >= 11 is 0. The molecule has 3 N–H and O–H groups in total. The van der Waals surface area contributed by atoms with Gasteiger partial charge in [0.05, 0.1) is 18.0 Å². The standard InChI is InChI=1S/C23H24F2N4O4/c24-17-9-16(17)23(32)28-21-8-14(3-5-27-21)13-1-2-19(15(7-13)10-26)33-20-4-6-29(11-18(20)25)22(31)12-30/h1-3,5,7-8,16-18,20-21,27,30H,4,6,9,11-12H2,(H,28,32)/t16-,17+,18-,20+,21?/m1/s1. The number of amides is 2. The van der Waals surface area contributed by atoms with Crippen LogP contribution in [0.3, 0.4) is 0 Å². The summed E-state index contributed by atoms with van der Waals surface area (Å²) in [4.78, 5) is 24.8. The Balaban J connectivity index is 1.43. The number of ether oxygens (including phenoxy) is 1. The first-order chi connectivity index (χ1) is 15.9. The molecule has 10 heteroatoms. The van der Waals surface area contributed by atoms with Gasteiger partial charge in [-0.3, -0.25) is 9.59 Å². The molecule has 1 aliphatic carbocycles. The lowest BCUT2D eigenvalue weighted by Crippen LogP contribution is -2.50. The summed E-state index contributed by atoms with van der Waals surface area (Å²) in [6.07, 6.45) is 1.83. The van der Waals surface area contributed by atoms with Crippen molar-refractivity contribution >= 4 is 17.4 Å². The molecule has 2 amide bonds. The number of hydrogen-bond acceptors (Lipinski definition) is 6. The van der Waals surface area contributed by atoms with Crippen LogP contribution in [-0.2, 0) is 9.59 Å². The van der Waals surface area contributed by atoms with Crippen molar-refractivity contribution in [1.29, 1.82) is 5.26 Å². The number of dihydropyridines is 1. The topological polar surface area (TPSA) is 115 Å². The van der Waals surface area contributed by atoms with Crippen molar-refractivity contribution in [2.24, 2.45) is 5.92 Å². The molecular formula is C23H24F2N4O4. The molecule has 2 fully saturated rings. The van der Waals surface area contributed by atoms with Gasteiger partial charge < -0.3 is 25.4 Å². The number of rotatable bonds is 6. The maximum atomic E-state index is 14.6. The molecule has 1 aromatic rings. The van der Waals surface area contributed by atoms with E-state index in [1.165, 1.54) is 4.90 Å². The van der Waals surface area contributed by atoms with E-state index in [4.69, 9.17) is 9.84 Å². The van der Waals surface area contributed by atoms with Crippen LogP contribution in [0.5, 0.6) is 5.75 Å². The number of hydrogen-bond donors (Lipinski definition) is 3. The van der Waals surface area contributed by atoms with Crippen LogP contribution in [0.2, 0.25) is 0 Å². The predicted molar refractivity (Wildman–Crippen MR) is 114 cm³/mol. The number of nitriles is 1. The molecule has 4 rings (SSSR count). The van der Waals surface area contributed by atoms with Gasteiger partial charge in [-0.2, -0.15) is 5.26 Å². The molecule has 0 spiro atoms. The van der Waals surface area contributed by atoms with E-state index in [0.29, 0.717) is 5.56 Å². The first kappa shape index (κ1) is 22.7. The Labute approximate surface area is 189 Å². The minimum atomic E-state index is -1.45. The zero-order chi connectivity index (χ0) is 23.5. The lowest BCUT2D eigenvalue weighted by Gasteiger charge is -2.34. The van der Waals surface area contributed by atoms with Crippen LogP contribution < -0.4 is 15.4 Å². The molecule has 1 saturated carbocycles. The van der Waals surface area contributed by atoms with Crippen LogP contribution in [0.4, 0.5) is 8.78 Å². The largest absolute Gasteiger partial charge is 0.486 e. The van der Waals surface area contributed by atoms with Gasteiger partial charge in [0.1, 0.15) is 36.9 Å². The van der Waals surface area contributed by atoms with Gasteiger partial charge in [-0.1, -0.05) is 6.07 Å². The number of allylic oxidation sites excluding steroid dienone is 2. The SMILES string of the molecule is N#Cc1cc(C2=CC(NC(=O)[C@@H]3C[C@@H]3F)NC=C2)ccc1O[C@H]1CCN(C(=O)CO)C[C@H]1F. The summed E-state index contributed by atoms with van der Waals surface area (Å²) in [5.41, 5.74) is 1.67. The summed E-state index contributed by atoms with van der Waals surface area (Å²) in [6, 6.07) is 7.00. The molecule has 2 aliphatic heterocycles. The number of piperidine rings is 1. The smallest absolute Gasteiger partial charge is 0.248 e. The summed E-state index contributed by atoms with van der Waals surface area (Å²) in [5.74, 6) is -1.23. The molecule has 1 saturated heterocycles. The average Bonchev–Trinajstić information content (AvgIpc) is 3.57. The third kappa shape index (κ3) is 5.14. The van der Waals surface area contributed by atoms with E-state index in [0.717, 1.165) is 5.57 Å². The number of carbonyl (C=O) groups is 2.